The molecule has 1 aliphatic rings. The number of nitrogens with one attached hydrogen (secondary N) is 2. The fourth-order valence-electron chi connectivity index (χ4n) is 2.79. The number of urea groups is 1. The van der Waals surface area contributed by atoms with Gasteiger partial charge in [-0.15, -0.1) is 0 Å². The molecule has 1 atom stereocenters. The molecule has 9 heteroatoms. The zero-order valence-corrected chi connectivity index (χ0v) is 12.7. The van der Waals surface area contributed by atoms with Crippen LogP contribution in [0.25, 0.3) is 0 Å². The summed E-state index contributed by atoms with van der Waals surface area (Å²) in [6.07, 6.45) is 3.99. The molecule has 126 valence electrons. The third-order valence-corrected chi connectivity index (χ3v) is 3.95. The predicted molar refractivity (Wildman–Crippen MR) is 82.9 cm³/mol. The monoisotopic (exact) mass is 333 g/mol. The predicted octanol–water partition coefficient (Wildman–Crippen LogP) is 1.92. The molecule has 0 radical (unpaired) electrons. The number of carbonyl (C=O) groups is 1. The van der Waals surface area contributed by atoms with Crippen LogP contribution < -0.4 is 10.6 Å². The second kappa shape index (κ2) is 6.65. The van der Waals surface area contributed by atoms with E-state index in [4.69, 9.17) is 0 Å². The summed E-state index contributed by atoms with van der Waals surface area (Å²) in [6.45, 7) is 0.588. The quantitative estimate of drug-likeness (QED) is 0.644. The molecule has 3 rings (SSSR count). The lowest BCUT2D eigenvalue weighted by Crippen LogP contribution is -2.38. The molecule has 1 aliphatic carbocycles. The highest BCUT2D eigenvalue weighted by molar-refractivity contribution is 5.74. The van der Waals surface area contributed by atoms with Gasteiger partial charge in [-0.05, 0) is 36.1 Å². The number of nitro groups is 1. The molecule has 0 bridgehead atoms. The van der Waals surface area contributed by atoms with Gasteiger partial charge in [0.15, 0.2) is 0 Å². The maximum absolute atomic E-state index is 13.3. The standard InChI is InChI=1S/C15H16FN5O3/c16-11-3-1-10-2-4-14(13(10)7-11)19-15(22)17-5-6-20-9-12(8-18-20)21(23)24/h1,3,7-9,14H,2,4-6H2,(H2,17,19,22)/t14-/m0/s1. The molecule has 8 nitrogen and oxygen atoms in total. The third-order valence-electron chi connectivity index (χ3n) is 3.95. The number of benzene rings is 1. The summed E-state index contributed by atoms with van der Waals surface area (Å²) >= 11 is 0. The van der Waals surface area contributed by atoms with E-state index in [1.807, 2.05) is 0 Å². The zero-order chi connectivity index (χ0) is 17.1. The van der Waals surface area contributed by atoms with Gasteiger partial charge in [0, 0.05) is 6.54 Å². The average Bonchev–Trinajstić information content (AvgIpc) is 3.15. The molecule has 0 spiro atoms. The Balaban J connectivity index is 1.48. The van der Waals surface area contributed by atoms with Crippen LogP contribution in [0.1, 0.15) is 23.6 Å². The number of amides is 2. The lowest BCUT2D eigenvalue weighted by atomic mass is 10.1. The molecule has 2 amide bonds. The van der Waals surface area contributed by atoms with Crippen LogP contribution in [0.2, 0.25) is 0 Å². The number of rotatable bonds is 5. The molecule has 1 aromatic carbocycles. The van der Waals surface area contributed by atoms with Crippen molar-refractivity contribution in [3.05, 3.63) is 57.7 Å². The normalized spacial score (nSPS) is 15.8. The number of carbonyl (C=O) groups excluding carboxylic acids is 1. The van der Waals surface area contributed by atoms with Gasteiger partial charge in [0.2, 0.25) is 0 Å². The Bertz CT molecular complexity index is 776. The van der Waals surface area contributed by atoms with E-state index in [9.17, 15) is 19.3 Å². The highest BCUT2D eigenvalue weighted by Gasteiger charge is 2.24. The minimum atomic E-state index is -0.527. The van der Waals surface area contributed by atoms with E-state index in [-0.39, 0.29) is 30.1 Å². The molecule has 1 aromatic heterocycles. The van der Waals surface area contributed by atoms with Crippen molar-refractivity contribution < 1.29 is 14.1 Å². The minimum Gasteiger partial charge on any atom is -0.336 e. The number of fused-ring (bicyclic) bond motifs is 1. The maximum atomic E-state index is 13.3. The van der Waals surface area contributed by atoms with Gasteiger partial charge >= 0.3 is 11.7 Å². The van der Waals surface area contributed by atoms with Crippen molar-refractivity contribution in [2.45, 2.75) is 25.4 Å². The van der Waals surface area contributed by atoms with E-state index in [1.54, 1.807) is 6.07 Å². The first-order valence-corrected chi connectivity index (χ1v) is 7.52. The molecule has 0 aliphatic heterocycles. The summed E-state index contributed by atoms with van der Waals surface area (Å²) in [7, 11) is 0. The molecular weight excluding hydrogens is 317 g/mol. The first-order chi connectivity index (χ1) is 11.5. The molecule has 0 saturated carbocycles. The van der Waals surface area contributed by atoms with E-state index >= 15 is 0 Å². The first kappa shape index (κ1) is 15.9. The van der Waals surface area contributed by atoms with Crippen LogP contribution in [0.3, 0.4) is 0 Å². The van der Waals surface area contributed by atoms with Gasteiger partial charge in [0.1, 0.15) is 18.2 Å². The number of nitrogens with zero attached hydrogens (tertiary/aromatic N) is 3. The van der Waals surface area contributed by atoms with Gasteiger partial charge in [-0.2, -0.15) is 5.10 Å². The number of halogens is 1. The van der Waals surface area contributed by atoms with E-state index in [1.165, 1.54) is 23.0 Å². The van der Waals surface area contributed by atoms with Gasteiger partial charge in [0.05, 0.1) is 17.5 Å². The van der Waals surface area contributed by atoms with Gasteiger partial charge < -0.3 is 10.6 Å². The Morgan fingerprint density at radius 3 is 3.08 bits per heavy atom. The first-order valence-electron chi connectivity index (χ1n) is 7.52. The smallest absolute Gasteiger partial charge is 0.315 e. The van der Waals surface area contributed by atoms with Gasteiger partial charge in [-0.3, -0.25) is 14.8 Å². The fraction of sp³-hybridized carbons (Fsp3) is 0.333. The van der Waals surface area contributed by atoms with Crippen LogP contribution in [0, 0.1) is 15.9 Å². The van der Waals surface area contributed by atoms with E-state index in [0.29, 0.717) is 6.54 Å². The Morgan fingerprint density at radius 1 is 1.50 bits per heavy atom. The SMILES string of the molecule is O=C(NCCn1cc([N+](=O)[O-])cn1)N[C@H]1CCc2ccc(F)cc21. The van der Waals surface area contributed by atoms with Crippen molar-refractivity contribution in [3.63, 3.8) is 0 Å². The largest absolute Gasteiger partial charge is 0.336 e. The van der Waals surface area contributed by atoms with Crippen LogP contribution in [-0.4, -0.2) is 27.3 Å². The Labute approximate surface area is 136 Å². The van der Waals surface area contributed by atoms with E-state index in [0.717, 1.165) is 30.2 Å². The molecule has 24 heavy (non-hydrogen) atoms. The van der Waals surface area contributed by atoms with Gasteiger partial charge in [0.25, 0.3) is 0 Å². The highest BCUT2D eigenvalue weighted by Crippen LogP contribution is 2.31. The summed E-state index contributed by atoms with van der Waals surface area (Å²) in [5.74, 6) is -0.317. The topological polar surface area (TPSA) is 102 Å². The van der Waals surface area contributed by atoms with Gasteiger partial charge in [-0.1, -0.05) is 6.07 Å². The lowest BCUT2D eigenvalue weighted by Gasteiger charge is -2.15. The molecule has 0 saturated heterocycles. The highest BCUT2D eigenvalue weighted by atomic mass is 19.1. The Morgan fingerprint density at radius 2 is 2.33 bits per heavy atom. The molecular formula is C15H16FN5O3. The second-order valence-corrected chi connectivity index (χ2v) is 5.55. The second-order valence-electron chi connectivity index (χ2n) is 5.55. The third kappa shape index (κ3) is 3.50. The Kier molecular flexibility index (Phi) is 4.41. The van der Waals surface area contributed by atoms with Crippen LogP contribution >= 0.6 is 0 Å². The number of aryl methyl sites for hydroxylation is 1. The summed E-state index contributed by atoms with van der Waals surface area (Å²) in [5.41, 5.74) is 1.77. The van der Waals surface area contributed by atoms with Crippen LogP contribution in [0.4, 0.5) is 14.9 Å². The number of hydrogen-bond donors (Lipinski definition) is 2. The minimum absolute atomic E-state index is 0.0935. The van der Waals surface area contributed by atoms with Crippen LogP contribution in [0.15, 0.2) is 30.6 Å². The summed E-state index contributed by atoms with van der Waals surface area (Å²) in [5, 5.41) is 19.9. The molecule has 2 N–H and O–H groups in total. The molecule has 0 unspecified atom stereocenters. The lowest BCUT2D eigenvalue weighted by molar-refractivity contribution is -0.385. The van der Waals surface area contributed by atoms with Crippen molar-refractivity contribution in [2.24, 2.45) is 0 Å². The van der Waals surface area contributed by atoms with Crippen LogP contribution in [-0.2, 0) is 13.0 Å². The zero-order valence-electron chi connectivity index (χ0n) is 12.7. The molecule has 2 aromatic rings. The van der Waals surface area contributed by atoms with Crippen LogP contribution in [0.5, 0.6) is 0 Å². The Hall–Kier alpha value is -2.97. The van der Waals surface area contributed by atoms with Crippen molar-refractivity contribution in [1.82, 2.24) is 20.4 Å². The average molecular weight is 333 g/mol. The van der Waals surface area contributed by atoms with Crippen molar-refractivity contribution in [2.75, 3.05) is 6.54 Å². The number of aromatic nitrogens is 2. The summed E-state index contributed by atoms with van der Waals surface area (Å²) in [6, 6.07) is 4.05. The summed E-state index contributed by atoms with van der Waals surface area (Å²) < 4.78 is 14.7. The summed E-state index contributed by atoms with van der Waals surface area (Å²) in [4.78, 5) is 22.0. The van der Waals surface area contributed by atoms with Crippen molar-refractivity contribution in [3.8, 4) is 0 Å². The molecule has 0 fully saturated rings. The maximum Gasteiger partial charge on any atom is 0.315 e. The number of hydrogen-bond acceptors (Lipinski definition) is 4. The fourth-order valence-corrected chi connectivity index (χ4v) is 2.79. The van der Waals surface area contributed by atoms with Gasteiger partial charge in [-0.25, -0.2) is 9.18 Å². The molecule has 1 heterocycles. The van der Waals surface area contributed by atoms with Crippen molar-refractivity contribution in [1.29, 1.82) is 0 Å². The van der Waals surface area contributed by atoms with E-state index in [2.05, 4.69) is 15.7 Å². The van der Waals surface area contributed by atoms with E-state index < -0.39 is 4.92 Å². The van der Waals surface area contributed by atoms with Crippen molar-refractivity contribution >= 4 is 11.7 Å².